The number of carbonyl (C=O) groups excluding carboxylic acids is 1. The minimum absolute atomic E-state index is 0.0535. The van der Waals surface area contributed by atoms with Gasteiger partial charge < -0.3 is 15.5 Å². The summed E-state index contributed by atoms with van der Waals surface area (Å²) in [6, 6.07) is 9.23. The Morgan fingerprint density at radius 2 is 1.82 bits per heavy atom. The highest BCUT2D eigenvalue weighted by Crippen LogP contribution is 2.34. The van der Waals surface area contributed by atoms with E-state index in [4.69, 9.17) is 0 Å². The van der Waals surface area contributed by atoms with Crippen molar-refractivity contribution in [2.45, 2.75) is 39.4 Å². The van der Waals surface area contributed by atoms with Gasteiger partial charge in [0.05, 0.1) is 23.0 Å². The van der Waals surface area contributed by atoms with Crippen molar-refractivity contribution in [3.8, 4) is 11.8 Å². The van der Waals surface area contributed by atoms with Gasteiger partial charge in [0.1, 0.15) is 11.5 Å². The molecular formula is C32H35F3N8O. The number of imidazole rings is 1. The number of anilines is 2. The number of benzene rings is 1. The fourth-order valence-electron chi connectivity index (χ4n) is 4.87. The molecule has 9 nitrogen and oxygen atoms in total. The summed E-state index contributed by atoms with van der Waals surface area (Å²) in [6.45, 7) is 7.89. The van der Waals surface area contributed by atoms with Crippen LogP contribution < -0.4 is 10.6 Å². The number of piperazine rings is 1. The molecule has 1 aromatic carbocycles. The van der Waals surface area contributed by atoms with E-state index in [9.17, 15) is 18.0 Å². The summed E-state index contributed by atoms with van der Waals surface area (Å²) in [5, 5.41) is 10.5. The lowest BCUT2D eigenvalue weighted by atomic mass is 10.0. The van der Waals surface area contributed by atoms with Crippen molar-refractivity contribution < 1.29 is 18.0 Å². The molecule has 1 saturated heterocycles. The summed E-state index contributed by atoms with van der Waals surface area (Å²) in [5.41, 5.74) is 1.96. The molecule has 0 radical (unpaired) electrons. The van der Waals surface area contributed by atoms with Crippen molar-refractivity contribution in [1.29, 1.82) is 0 Å². The Labute approximate surface area is 254 Å². The number of unbranched alkanes of at least 4 members (excludes halogenated alkanes) is 1. The lowest BCUT2D eigenvalue weighted by molar-refractivity contribution is -0.138. The van der Waals surface area contributed by atoms with Gasteiger partial charge >= 0.3 is 6.18 Å². The van der Waals surface area contributed by atoms with Crippen LogP contribution in [0.15, 0.2) is 48.8 Å². The smallest absolute Gasteiger partial charge is 0.369 e. The van der Waals surface area contributed by atoms with Gasteiger partial charge in [-0.1, -0.05) is 25.3 Å². The van der Waals surface area contributed by atoms with Gasteiger partial charge in [-0.25, -0.2) is 9.50 Å². The van der Waals surface area contributed by atoms with E-state index in [0.29, 0.717) is 41.5 Å². The summed E-state index contributed by atoms with van der Waals surface area (Å²) in [7, 11) is 2.00. The summed E-state index contributed by atoms with van der Waals surface area (Å²) in [4.78, 5) is 25.9. The van der Waals surface area contributed by atoms with Gasteiger partial charge in [0, 0.05) is 56.7 Å². The maximum absolute atomic E-state index is 14.0. The molecule has 0 atom stereocenters. The van der Waals surface area contributed by atoms with Crippen LogP contribution in [0.25, 0.3) is 5.65 Å². The minimum atomic E-state index is -4.56. The highest BCUT2D eigenvalue weighted by Gasteiger charge is 2.34. The van der Waals surface area contributed by atoms with Crippen LogP contribution in [-0.2, 0) is 12.7 Å². The third-order valence-corrected chi connectivity index (χ3v) is 7.54. The number of amides is 1. The van der Waals surface area contributed by atoms with E-state index in [1.807, 2.05) is 24.1 Å². The minimum Gasteiger partial charge on any atom is -0.369 e. The zero-order valence-electron chi connectivity index (χ0n) is 25.0. The van der Waals surface area contributed by atoms with E-state index in [-0.39, 0.29) is 23.4 Å². The predicted octanol–water partition coefficient (Wildman–Crippen LogP) is 5.06. The first-order valence-electron chi connectivity index (χ1n) is 14.6. The van der Waals surface area contributed by atoms with Gasteiger partial charge in [0.25, 0.3) is 5.91 Å². The summed E-state index contributed by atoms with van der Waals surface area (Å²) in [5.74, 6) is 6.23. The highest BCUT2D eigenvalue weighted by atomic mass is 19.4. The second-order valence-electron chi connectivity index (χ2n) is 10.9. The zero-order valence-corrected chi connectivity index (χ0v) is 25.0. The van der Waals surface area contributed by atoms with Crippen LogP contribution in [0.4, 0.5) is 24.7 Å². The number of halogens is 3. The fourth-order valence-corrected chi connectivity index (χ4v) is 4.87. The van der Waals surface area contributed by atoms with Crippen LogP contribution in [0, 0.1) is 18.8 Å². The number of aromatic nitrogens is 4. The fraction of sp³-hybridized carbons (Fsp3) is 0.375. The van der Waals surface area contributed by atoms with E-state index < -0.39 is 17.6 Å². The number of carbonyl (C=O) groups is 1. The van der Waals surface area contributed by atoms with Crippen LogP contribution in [0.5, 0.6) is 0 Å². The number of fused-ring (bicyclic) bond motifs is 1. The van der Waals surface area contributed by atoms with Crippen molar-refractivity contribution in [1.82, 2.24) is 29.4 Å². The quantitative estimate of drug-likeness (QED) is 0.215. The van der Waals surface area contributed by atoms with Crippen molar-refractivity contribution in [3.63, 3.8) is 0 Å². The van der Waals surface area contributed by atoms with Gasteiger partial charge in [0.2, 0.25) is 0 Å². The second kappa shape index (κ2) is 13.4. The molecule has 2 N–H and O–H groups in total. The Hall–Kier alpha value is -4.47. The number of rotatable bonds is 8. The number of alkyl halides is 3. The first-order chi connectivity index (χ1) is 21.1. The summed E-state index contributed by atoms with van der Waals surface area (Å²) in [6.07, 6.45) is 0.538. The molecule has 0 unspecified atom stereocenters. The number of aryl methyl sites for hydroxylation is 1. The van der Waals surface area contributed by atoms with Gasteiger partial charge in [-0.2, -0.15) is 13.2 Å². The molecule has 0 saturated carbocycles. The monoisotopic (exact) mass is 604 g/mol. The van der Waals surface area contributed by atoms with Crippen molar-refractivity contribution >= 4 is 23.1 Å². The molecule has 4 aromatic rings. The van der Waals surface area contributed by atoms with Crippen LogP contribution in [0.3, 0.4) is 0 Å². The van der Waals surface area contributed by atoms with Gasteiger partial charge in [-0.3, -0.25) is 14.7 Å². The molecule has 44 heavy (non-hydrogen) atoms. The van der Waals surface area contributed by atoms with Gasteiger partial charge in [-0.05, 0) is 62.2 Å². The molecule has 1 aliphatic heterocycles. The SMILES string of the molecule is CCCCNc1ccc2ncc(C#Cc3cc(C(=O)Nc4ccc(CN5CCN(C)CC5)c(C(F)(F)F)c4)cnc3C)n2n1. The topological polar surface area (TPSA) is 90.7 Å². The van der Waals surface area contributed by atoms with Gasteiger partial charge in [-0.15, -0.1) is 5.10 Å². The number of likely N-dealkylation sites (N-methyl/N-ethyl adjacent to an activating group) is 1. The second-order valence-corrected chi connectivity index (χ2v) is 10.9. The summed E-state index contributed by atoms with van der Waals surface area (Å²) < 4.78 is 43.7. The molecule has 0 spiro atoms. The molecule has 230 valence electrons. The van der Waals surface area contributed by atoms with Crippen molar-refractivity contribution in [2.75, 3.05) is 50.4 Å². The molecular weight excluding hydrogens is 569 g/mol. The van der Waals surface area contributed by atoms with E-state index in [1.165, 1.54) is 18.3 Å². The lowest BCUT2D eigenvalue weighted by Gasteiger charge is -2.33. The van der Waals surface area contributed by atoms with E-state index in [2.05, 4.69) is 49.4 Å². The number of nitrogens with zero attached hydrogens (tertiary/aromatic N) is 6. The first kappa shape index (κ1) is 31.0. The number of hydrogen-bond acceptors (Lipinski definition) is 7. The van der Waals surface area contributed by atoms with Crippen LogP contribution in [0.1, 0.15) is 58.2 Å². The van der Waals surface area contributed by atoms with Gasteiger partial charge in [0.15, 0.2) is 5.65 Å². The molecule has 4 heterocycles. The average molecular weight is 605 g/mol. The first-order valence-corrected chi connectivity index (χ1v) is 14.6. The Balaban J connectivity index is 1.33. The molecule has 1 fully saturated rings. The molecule has 0 aliphatic carbocycles. The molecule has 12 heteroatoms. The Morgan fingerprint density at radius 1 is 1.02 bits per heavy atom. The van der Waals surface area contributed by atoms with E-state index in [0.717, 1.165) is 38.5 Å². The van der Waals surface area contributed by atoms with Crippen LogP contribution in [0.2, 0.25) is 0 Å². The molecule has 0 bridgehead atoms. The lowest BCUT2D eigenvalue weighted by Crippen LogP contribution is -2.44. The number of nitrogens with one attached hydrogen (secondary N) is 2. The number of pyridine rings is 1. The van der Waals surface area contributed by atoms with Crippen molar-refractivity contribution in [3.05, 3.63) is 82.4 Å². The predicted molar refractivity (Wildman–Crippen MR) is 164 cm³/mol. The van der Waals surface area contributed by atoms with E-state index in [1.54, 1.807) is 23.7 Å². The summed E-state index contributed by atoms with van der Waals surface area (Å²) >= 11 is 0. The molecule has 5 rings (SSSR count). The third-order valence-electron chi connectivity index (χ3n) is 7.54. The third kappa shape index (κ3) is 7.53. The molecule has 3 aromatic heterocycles. The van der Waals surface area contributed by atoms with Crippen LogP contribution in [-0.4, -0.2) is 75.1 Å². The maximum atomic E-state index is 14.0. The largest absolute Gasteiger partial charge is 0.416 e. The molecule has 1 aliphatic rings. The standard InChI is InChI=1S/C32H35F3N8O/c1-4-5-12-36-29-10-11-30-38-20-27(43(30)40-29)9-7-23-17-25(19-37-22(23)2)31(44)39-26-8-6-24(28(18-26)32(33,34)35)21-42-15-13-41(3)14-16-42/h6,8,10-11,17-20H,4-5,12-16,21H2,1-3H3,(H,36,40)(H,39,44). The zero-order chi connectivity index (χ0) is 31.3. The molecule has 1 amide bonds. The normalized spacial score (nSPS) is 14.3. The Bertz CT molecular complexity index is 1700. The van der Waals surface area contributed by atoms with E-state index >= 15 is 0 Å². The Kier molecular flexibility index (Phi) is 9.46. The maximum Gasteiger partial charge on any atom is 0.416 e. The number of hydrogen-bond donors (Lipinski definition) is 2. The Morgan fingerprint density at radius 3 is 2.57 bits per heavy atom. The average Bonchev–Trinajstić information content (AvgIpc) is 3.40. The highest BCUT2D eigenvalue weighted by molar-refractivity contribution is 6.04. The van der Waals surface area contributed by atoms with Crippen LogP contribution >= 0.6 is 0 Å². The van der Waals surface area contributed by atoms with Crippen molar-refractivity contribution in [2.24, 2.45) is 0 Å².